The second-order valence-corrected chi connectivity index (χ2v) is 5.52. The molecule has 2 unspecified atom stereocenters. The molecule has 0 aromatic heterocycles. The number of amides is 1. The van der Waals surface area contributed by atoms with E-state index in [9.17, 15) is 4.79 Å². The van der Waals surface area contributed by atoms with Crippen LogP contribution in [0.1, 0.15) is 19.8 Å². The van der Waals surface area contributed by atoms with Gasteiger partial charge >= 0.3 is 0 Å². The van der Waals surface area contributed by atoms with Crippen molar-refractivity contribution in [2.75, 3.05) is 32.6 Å². The van der Waals surface area contributed by atoms with Gasteiger partial charge in [0.25, 0.3) is 0 Å². The van der Waals surface area contributed by atoms with Crippen LogP contribution in [-0.2, 0) is 4.79 Å². The molecular formula is C16H26ClN3O2. The molecule has 1 aromatic carbocycles. The molecule has 1 saturated heterocycles. The number of nitrogens with zero attached hydrogens (tertiary/aromatic N) is 1. The SMILES string of the molecule is CNC1CCCN(C(C)C(=O)Nc2ccc(OC)cc2)C1.Cl. The number of ether oxygens (including phenoxy) is 1. The summed E-state index contributed by atoms with van der Waals surface area (Å²) < 4.78 is 5.11. The number of nitrogens with one attached hydrogen (secondary N) is 2. The number of likely N-dealkylation sites (tertiary alicyclic amines) is 1. The van der Waals surface area contributed by atoms with Crippen LogP contribution in [0.5, 0.6) is 5.75 Å². The lowest BCUT2D eigenvalue weighted by Crippen LogP contribution is -2.51. The van der Waals surface area contributed by atoms with Gasteiger partial charge in [0.1, 0.15) is 5.75 Å². The molecule has 0 saturated carbocycles. The van der Waals surface area contributed by atoms with Crippen LogP contribution in [0.3, 0.4) is 0 Å². The van der Waals surface area contributed by atoms with Crippen molar-refractivity contribution in [1.82, 2.24) is 10.2 Å². The third kappa shape index (κ3) is 4.87. The molecule has 2 rings (SSSR count). The number of halogens is 1. The summed E-state index contributed by atoms with van der Waals surface area (Å²) in [6, 6.07) is 7.76. The summed E-state index contributed by atoms with van der Waals surface area (Å²) in [4.78, 5) is 14.6. The van der Waals surface area contributed by atoms with Crippen molar-refractivity contribution in [2.45, 2.75) is 31.8 Å². The van der Waals surface area contributed by atoms with Gasteiger partial charge in [-0.3, -0.25) is 9.69 Å². The summed E-state index contributed by atoms with van der Waals surface area (Å²) in [6.07, 6.45) is 2.31. The van der Waals surface area contributed by atoms with Crippen LogP contribution >= 0.6 is 12.4 Å². The molecule has 1 fully saturated rings. The first-order chi connectivity index (χ1) is 10.1. The predicted molar refractivity (Wildman–Crippen MR) is 92.0 cm³/mol. The fraction of sp³-hybridized carbons (Fsp3) is 0.562. The molecule has 1 amide bonds. The molecule has 5 nitrogen and oxygen atoms in total. The Morgan fingerprint density at radius 3 is 2.64 bits per heavy atom. The molecular weight excluding hydrogens is 302 g/mol. The molecule has 22 heavy (non-hydrogen) atoms. The summed E-state index contributed by atoms with van der Waals surface area (Å²) in [6.45, 7) is 3.87. The molecule has 1 aromatic rings. The molecule has 0 bridgehead atoms. The van der Waals surface area contributed by atoms with E-state index in [0.29, 0.717) is 6.04 Å². The predicted octanol–water partition coefficient (Wildman–Crippen LogP) is 2.13. The number of likely N-dealkylation sites (N-methyl/N-ethyl adjacent to an activating group) is 1. The number of hydrogen-bond acceptors (Lipinski definition) is 4. The van der Waals surface area contributed by atoms with E-state index < -0.39 is 0 Å². The van der Waals surface area contributed by atoms with E-state index in [2.05, 4.69) is 15.5 Å². The Morgan fingerprint density at radius 2 is 2.05 bits per heavy atom. The summed E-state index contributed by atoms with van der Waals surface area (Å²) in [5, 5.41) is 6.27. The zero-order valence-electron chi connectivity index (χ0n) is 13.5. The Kier molecular flexibility index (Phi) is 7.65. The molecule has 0 spiro atoms. The van der Waals surface area contributed by atoms with Gasteiger partial charge in [-0.1, -0.05) is 0 Å². The van der Waals surface area contributed by atoms with Crippen molar-refractivity contribution in [2.24, 2.45) is 0 Å². The van der Waals surface area contributed by atoms with Crippen molar-refractivity contribution in [3.05, 3.63) is 24.3 Å². The standard InChI is InChI=1S/C16H25N3O2.ClH/c1-12(19-10-4-5-14(11-19)17-2)16(20)18-13-6-8-15(21-3)9-7-13;/h6-9,12,14,17H,4-5,10-11H2,1-3H3,(H,18,20);1H. The maximum atomic E-state index is 12.4. The molecule has 6 heteroatoms. The molecule has 0 radical (unpaired) electrons. The zero-order valence-corrected chi connectivity index (χ0v) is 14.3. The van der Waals surface area contributed by atoms with Crippen molar-refractivity contribution < 1.29 is 9.53 Å². The van der Waals surface area contributed by atoms with Crippen LogP contribution in [0.2, 0.25) is 0 Å². The van der Waals surface area contributed by atoms with E-state index >= 15 is 0 Å². The van der Waals surface area contributed by atoms with Crippen molar-refractivity contribution >= 4 is 24.0 Å². The van der Waals surface area contributed by atoms with Gasteiger partial charge in [0.05, 0.1) is 13.2 Å². The summed E-state index contributed by atoms with van der Waals surface area (Å²) in [7, 11) is 3.61. The molecule has 1 aliphatic rings. The third-order valence-corrected chi connectivity index (χ3v) is 4.15. The summed E-state index contributed by atoms with van der Waals surface area (Å²) >= 11 is 0. The van der Waals surface area contributed by atoms with Gasteiger partial charge in [-0.15, -0.1) is 12.4 Å². The van der Waals surface area contributed by atoms with Gasteiger partial charge in [0.2, 0.25) is 5.91 Å². The number of carbonyl (C=O) groups excluding carboxylic acids is 1. The fourth-order valence-corrected chi connectivity index (χ4v) is 2.68. The molecule has 1 heterocycles. The van der Waals surface area contributed by atoms with E-state index in [4.69, 9.17) is 4.74 Å². The van der Waals surface area contributed by atoms with Crippen LogP contribution in [0.15, 0.2) is 24.3 Å². The highest BCUT2D eigenvalue weighted by atomic mass is 35.5. The quantitative estimate of drug-likeness (QED) is 0.870. The Bertz CT molecular complexity index is 467. The second kappa shape index (κ2) is 8.98. The van der Waals surface area contributed by atoms with Crippen LogP contribution in [0.4, 0.5) is 5.69 Å². The van der Waals surface area contributed by atoms with Gasteiger partial charge in [-0.2, -0.15) is 0 Å². The van der Waals surface area contributed by atoms with Crippen molar-refractivity contribution in [1.29, 1.82) is 0 Å². The van der Waals surface area contributed by atoms with Gasteiger partial charge in [-0.25, -0.2) is 0 Å². The molecule has 2 N–H and O–H groups in total. The topological polar surface area (TPSA) is 53.6 Å². The van der Waals surface area contributed by atoms with Crippen LogP contribution in [-0.4, -0.2) is 50.1 Å². The summed E-state index contributed by atoms with van der Waals surface area (Å²) in [5.41, 5.74) is 0.801. The maximum absolute atomic E-state index is 12.4. The highest BCUT2D eigenvalue weighted by molar-refractivity contribution is 5.94. The van der Waals surface area contributed by atoms with E-state index in [1.165, 1.54) is 6.42 Å². The lowest BCUT2D eigenvalue weighted by molar-refractivity contribution is -0.121. The first-order valence-electron chi connectivity index (χ1n) is 7.50. The first-order valence-corrected chi connectivity index (χ1v) is 7.50. The highest BCUT2D eigenvalue weighted by Gasteiger charge is 2.26. The number of anilines is 1. The second-order valence-electron chi connectivity index (χ2n) is 5.52. The number of benzene rings is 1. The average Bonchev–Trinajstić information content (AvgIpc) is 2.54. The van der Waals surface area contributed by atoms with Crippen LogP contribution < -0.4 is 15.4 Å². The summed E-state index contributed by atoms with van der Waals surface area (Å²) in [5.74, 6) is 0.825. The van der Waals surface area contributed by atoms with Gasteiger partial charge in [0.15, 0.2) is 0 Å². The monoisotopic (exact) mass is 327 g/mol. The smallest absolute Gasteiger partial charge is 0.241 e. The van der Waals surface area contributed by atoms with E-state index in [0.717, 1.165) is 30.9 Å². The molecule has 2 atom stereocenters. The van der Waals surface area contributed by atoms with Gasteiger partial charge in [-0.05, 0) is 57.6 Å². The van der Waals surface area contributed by atoms with E-state index in [1.807, 2.05) is 38.2 Å². The van der Waals surface area contributed by atoms with Crippen LogP contribution in [0, 0.1) is 0 Å². The Hall–Kier alpha value is -1.30. The largest absolute Gasteiger partial charge is 0.497 e. The number of methoxy groups -OCH3 is 1. The van der Waals surface area contributed by atoms with Gasteiger partial charge in [0, 0.05) is 18.3 Å². The normalized spacial score (nSPS) is 19.9. The minimum Gasteiger partial charge on any atom is -0.497 e. The number of rotatable bonds is 5. The maximum Gasteiger partial charge on any atom is 0.241 e. The minimum absolute atomic E-state index is 0. The number of carbonyl (C=O) groups is 1. The third-order valence-electron chi connectivity index (χ3n) is 4.15. The molecule has 124 valence electrons. The van der Waals surface area contributed by atoms with Gasteiger partial charge < -0.3 is 15.4 Å². The first kappa shape index (κ1) is 18.7. The van der Waals surface area contributed by atoms with E-state index in [-0.39, 0.29) is 24.4 Å². The number of hydrogen-bond donors (Lipinski definition) is 2. The Balaban J connectivity index is 0.00000242. The lowest BCUT2D eigenvalue weighted by atomic mass is 10.0. The lowest BCUT2D eigenvalue weighted by Gasteiger charge is -2.35. The molecule has 0 aliphatic carbocycles. The Labute approximate surface area is 138 Å². The average molecular weight is 328 g/mol. The van der Waals surface area contributed by atoms with Crippen molar-refractivity contribution in [3.8, 4) is 5.75 Å². The zero-order chi connectivity index (χ0) is 15.2. The Morgan fingerprint density at radius 1 is 1.36 bits per heavy atom. The number of piperidine rings is 1. The van der Waals surface area contributed by atoms with Crippen molar-refractivity contribution in [3.63, 3.8) is 0 Å². The van der Waals surface area contributed by atoms with Crippen LogP contribution in [0.25, 0.3) is 0 Å². The minimum atomic E-state index is -0.122. The fourth-order valence-electron chi connectivity index (χ4n) is 2.68. The van der Waals surface area contributed by atoms with E-state index in [1.54, 1.807) is 7.11 Å². The highest BCUT2D eigenvalue weighted by Crippen LogP contribution is 2.17. The molecule has 1 aliphatic heterocycles.